The Bertz CT molecular complexity index is 1170. The Labute approximate surface area is 196 Å². The van der Waals surface area contributed by atoms with Crippen molar-refractivity contribution in [2.24, 2.45) is 12.5 Å². The van der Waals surface area contributed by atoms with Gasteiger partial charge >= 0.3 is 6.09 Å². The molecule has 3 N–H and O–H groups in total. The topological polar surface area (TPSA) is 102 Å². The van der Waals surface area contributed by atoms with Gasteiger partial charge in [-0.3, -0.25) is 9.48 Å². The summed E-state index contributed by atoms with van der Waals surface area (Å²) in [5.41, 5.74) is 7.45. The average Bonchev–Trinajstić information content (AvgIpc) is 3.25. The molecule has 0 bridgehead atoms. The molecule has 1 aromatic heterocycles. The second-order valence-corrected chi connectivity index (χ2v) is 10.1. The number of hydrogen-bond acceptors (Lipinski definition) is 5. The number of rotatable bonds is 3. The van der Waals surface area contributed by atoms with Crippen LogP contribution in [0, 0.1) is 11.2 Å². The van der Waals surface area contributed by atoms with Crippen molar-refractivity contribution >= 4 is 40.7 Å². The number of nitrogens with zero attached hydrogens (tertiary/aromatic N) is 3. The SMILES string of the molecule is Cn1nc(C2=CC3(CCN(C(=O)OC(C)(C)C)C3)C2)c(C(=O)Nc2ccc(F)c(Cl)c2)c1N. The Kier molecular flexibility index (Phi) is 5.64. The van der Waals surface area contributed by atoms with Gasteiger partial charge < -0.3 is 20.7 Å². The summed E-state index contributed by atoms with van der Waals surface area (Å²) in [5.74, 6) is -0.806. The molecule has 1 saturated heterocycles. The highest BCUT2D eigenvalue weighted by atomic mass is 35.5. The van der Waals surface area contributed by atoms with Gasteiger partial charge in [0.05, 0.1) is 5.02 Å². The fraction of sp³-hybridized carbons (Fsp3) is 0.435. The van der Waals surface area contributed by atoms with Crippen LogP contribution in [0.25, 0.3) is 5.57 Å². The van der Waals surface area contributed by atoms with Gasteiger partial charge in [-0.05, 0) is 57.4 Å². The van der Waals surface area contributed by atoms with Crippen LogP contribution in [-0.4, -0.2) is 45.4 Å². The summed E-state index contributed by atoms with van der Waals surface area (Å²) in [7, 11) is 1.67. The number of hydrogen-bond donors (Lipinski definition) is 2. The summed E-state index contributed by atoms with van der Waals surface area (Å²) in [5, 5.41) is 7.07. The monoisotopic (exact) mass is 475 g/mol. The van der Waals surface area contributed by atoms with E-state index in [4.69, 9.17) is 22.1 Å². The number of aromatic nitrogens is 2. The highest BCUT2D eigenvalue weighted by molar-refractivity contribution is 6.31. The van der Waals surface area contributed by atoms with Crippen LogP contribution in [0.4, 0.5) is 20.7 Å². The van der Waals surface area contributed by atoms with Crippen molar-refractivity contribution in [3.05, 3.63) is 46.4 Å². The number of halogens is 2. The Hall–Kier alpha value is -3.07. The first kappa shape index (κ1) is 23.1. The lowest BCUT2D eigenvalue weighted by atomic mass is 9.69. The highest BCUT2D eigenvalue weighted by Gasteiger charge is 2.46. The van der Waals surface area contributed by atoms with E-state index in [1.165, 1.54) is 22.9 Å². The number of ether oxygens (including phenoxy) is 1. The minimum atomic E-state index is -0.571. The molecule has 8 nitrogen and oxygen atoms in total. The van der Waals surface area contributed by atoms with Gasteiger partial charge in [0.1, 0.15) is 28.5 Å². The summed E-state index contributed by atoms with van der Waals surface area (Å²) in [6.07, 6.45) is 3.24. The fourth-order valence-corrected chi connectivity index (χ4v) is 4.45. The smallest absolute Gasteiger partial charge is 0.410 e. The first-order chi connectivity index (χ1) is 15.4. The number of nitrogens with one attached hydrogen (secondary N) is 1. The lowest BCUT2D eigenvalue weighted by molar-refractivity contribution is 0.0279. The molecule has 2 aliphatic rings. The third kappa shape index (κ3) is 4.55. The van der Waals surface area contributed by atoms with Crippen molar-refractivity contribution in [1.29, 1.82) is 0 Å². The van der Waals surface area contributed by atoms with Crippen LogP contribution in [0.3, 0.4) is 0 Å². The third-order valence-electron chi connectivity index (χ3n) is 5.86. The van der Waals surface area contributed by atoms with E-state index in [1.807, 2.05) is 20.8 Å². The predicted molar refractivity (Wildman–Crippen MR) is 124 cm³/mol. The molecule has 1 aliphatic heterocycles. The van der Waals surface area contributed by atoms with Crippen molar-refractivity contribution in [3.8, 4) is 0 Å². The van der Waals surface area contributed by atoms with Gasteiger partial charge in [-0.25, -0.2) is 9.18 Å². The Morgan fingerprint density at radius 1 is 1.33 bits per heavy atom. The van der Waals surface area contributed by atoms with Crippen LogP contribution < -0.4 is 11.1 Å². The van der Waals surface area contributed by atoms with Gasteiger partial charge in [0.2, 0.25) is 0 Å². The number of amides is 2. The molecule has 1 fully saturated rings. The molecule has 2 amide bonds. The summed E-state index contributed by atoms with van der Waals surface area (Å²) >= 11 is 5.82. The maximum Gasteiger partial charge on any atom is 0.410 e. The molecule has 1 spiro atoms. The minimum absolute atomic E-state index is 0.0911. The van der Waals surface area contributed by atoms with Crippen LogP contribution in [-0.2, 0) is 11.8 Å². The van der Waals surface area contributed by atoms with Crippen molar-refractivity contribution < 1.29 is 18.7 Å². The molecule has 1 aliphatic carbocycles. The molecule has 176 valence electrons. The van der Waals surface area contributed by atoms with E-state index in [0.29, 0.717) is 30.9 Å². The van der Waals surface area contributed by atoms with Crippen LogP contribution in [0.1, 0.15) is 49.7 Å². The Morgan fingerprint density at radius 3 is 2.67 bits per heavy atom. The van der Waals surface area contributed by atoms with Crippen LogP contribution in [0.15, 0.2) is 24.3 Å². The van der Waals surface area contributed by atoms with Crippen molar-refractivity contribution in [2.45, 2.75) is 39.2 Å². The van der Waals surface area contributed by atoms with E-state index in [1.54, 1.807) is 11.9 Å². The maximum atomic E-state index is 13.4. The van der Waals surface area contributed by atoms with Gasteiger partial charge in [-0.1, -0.05) is 17.7 Å². The number of nitrogens with two attached hydrogens (primary N) is 1. The second-order valence-electron chi connectivity index (χ2n) is 9.68. The molecule has 10 heteroatoms. The number of nitrogen functional groups attached to an aromatic ring is 1. The number of carbonyl (C=O) groups is 2. The summed E-state index contributed by atoms with van der Waals surface area (Å²) in [6, 6.07) is 3.94. The zero-order valence-corrected chi connectivity index (χ0v) is 19.8. The van der Waals surface area contributed by atoms with Gasteiger partial charge in [-0.15, -0.1) is 0 Å². The second kappa shape index (κ2) is 8.06. The first-order valence-electron chi connectivity index (χ1n) is 10.7. The molecule has 2 heterocycles. The lowest BCUT2D eigenvalue weighted by Crippen LogP contribution is -2.38. The van der Waals surface area contributed by atoms with Crippen LogP contribution in [0.5, 0.6) is 0 Å². The number of carbonyl (C=O) groups excluding carboxylic acids is 2. The fourth-order valence-electron chi connectivity index (χ4n) is 4.27. The summed E-state index contributed by atoms with van der Waals surface area (Å²) in [4.78, 5) is 27.2. The quantitative estimate of drug-likeness (QED) is 0.682. The number of likely N-dealkylation sites (tertiary alicyclic amines) is 1. The minimum Gasteiger partial charge on any atom is -0.444 e. The number of benzene rings is 1. The molecular weight excluding hydrogens is 449 g/mol. The van der Waals surface area contributed by atoms with Crippen molar-refractivity contribution in [3.63, 3.8) is 0 Å². The zero-order chi connectivity index (χ0) is 24.1. The molecule has 0 saturated carbocycles. The molecule has 1 unspecified atom stereocenters. The maximum absolute atomic E-state index is 13.4. The zero-order valence-electron chi connectivity index (χ0n) is 19.0. The Balaban J connectivity index is 1.53. The van der Waals surface area contributed by atoms with E-state index in [-0.39, 0.29) is 27.9 Å². The number of allylic oxidation sites excluding steroid dienone is 1. The van der Waals surface area contributed by atoms with E-state index in [0.717, 1.165) is 12.0 Å². The Morgan fingerprint density at radius 2 is 2.03 bits per heavy atom. The van der Waals surface area contributed by atoms with Crippen molar-refractivity contribution in [1.82, 2.24) is 14.7 Å². The molecule has 1 aromatic carbocycles. The molecule has 0 radical (unpaired) electrons. The van der Waals surface area contributed by atoms with E-state index < -0.39 is 17.3 Å². The van der Waals surface area contributed by atoms with E-state index in [2.05, 4.69) is 16.5 Å². The predicted octanol–water partition coefficient (Wildman–Crippen LogP) is 4.46. The molecule has 2 aromatic rings. The lowest BCUT2D eigenvalue weighted by Gasteiger charge is -2.36. The third-order valence-corrected chi connectivity index (χ3v) is 6.15. The first-order valence-corrected chi connectivity index (χ1v) is 11.0. The summed E-state index contributed by atoms with van der Waals surface area (Å²) in [6.45, 7) is 6.70. The van der Waals surface area contributed by atoms with E-state index >= 15 is 0 Å². The van der Waals surface area contributed by atoms with Gasteiger partial charge in [0, 0.05) is 31.2 Å². The number of anilines is 2. The average molecular weight is 476 g/mol. The molecule has 4 rings (SSSR count). The van der Waals surface area contributed by atoms with Crippen LogP contribution >= 0.6 is 11.6 Å². The standard InChI is InChI=1S/C23H27ClFN5O3/c1-22(2,3)33-21(32)30-8-7-23(12-30)10-13(11-23)18-17(19(26)29(4)28-18)20(31)27-14-5-6-16(25)15(24)9-14/h5-6,9-10H,7-8,11-12,26H2,1-4H3,(H,27,31). The van der Waals surface area contributed by atoms with Gasteiger partial charge in [-0.2, -0.15) is 5.10 Å². The van der Waals surface area contributed by atoms with Crippen LogP contribution in [0.2, 0.25) is 5.02 Å². The molecule has 1 atom stereocenters. The van der Waals surface area contributed by atoms with Gasteiger partial charge in [0.25, 0.3) is 5.91 Å². The molecular formula is C23H27ClFN5O3. The highest BCUT2D eigenvalue weighted by Crippen LogP contribution is 2.50. The number of aryl methyl sites for hydroxylation is 1. The van der Waals surface area contributed by atoms with E-state index in [9.17, 15) is 14.0 Å². The normalized spacial score (nSPS) is 19.9. The summed E-state index contributed by atoms with van der Waals surface area (Å²) < 4.78 is 20.4. The van der Waals surface area contributed by atoms with Crippen molar-refractivity contribution in [2.75, 3.05) is 24.1 Å². The molecule has 33 heavy (non-hydrogen) atoms. The largest absolute Gasteiger partial charge is 0.444 e. The van der Waals surface area contributed by atoms with Gasteiger partial charge in [0.15, 0.2) is 0 Å².